The first kappa shape index (κ1) is 47.0. The number of aryl methyl sites for hydroxylation is 4. The summed E-state index contributed by atoms with van der Waals surface area (Å²) >= 11 is 0. The zero-order valence-electron chi connectivity index (χ0n) is 43.6. The van der Waals surface area contributed by atoms with Crippen molar-refractivity contribution >= 4 is 93.0 Å². The van der Waals surface area contributed by atoms with Crippen LogP contribution in [0.2, 0.25) is 39.3 Å². The van der Waals surface area contributed by atoms with Crippen LogP contribution in [0.15, 0.2) is 176 Å². The molecule has 0 amide bonds. The summed E-state index contributed by atoms with van der Waals surface area (Å²) in [4.78, 5) is 5.21. The molecular formula is C66H68N2Si2. The van der Waals surface area contributed by atoms with Gasteiger partial charge in [-0.3, -0.25) is 0 Å². The van der Waals surface area contributed by atoms with Crippen molar-refractivity contribution in [2.24, 2.45) is 0 Å². The van der Waals surface area contributed by atoms with Gasteiger partial charge >= 0.3 is 0 Å². The zero-order valence-corrected chi connectivity index (χ0v) is 45.6. The molecule has 0 bridgehead atoms. The Kier molecular flexibility index (Phi) is 11.8. The van der Waals surface area contributed by atoms with Crippen LogP contribution >= 0.6 is 0 Å². The fourth-order valence-corrected chi connectivity index (χ4v) is 13.0. The van der Waals surface area contributed by atoms with Gasteiger partial charge in [0.2, 0.25) is 0 Å². The summed E-state index contributed by atoms with van der Waals surface area (Å²) in [5, 5.41) is 10.6. The fraction of sp³-hybridized carbons (Fsp3) is 0.212. The lowest BCUT2D eigenvalue weighted by Gasteiger charge is -2.35. The number of anilines is 6. The minimum absolute atomic E-state index is 0.00380. The van der Waals surface area contributed by atoms with Crippen molar-refractivity contribution in [1.82, 2.24) is 0 Å². The molecule has 10 aromatic carbocycles. The van der Waals surface area contributed by atoms with Crippen LogP contribution in [0.1, 0.15) is 48.6 Å². The van der Waals surface area contributed by atoms with E-state index < -0.39 is 16.1 Å². The molecule has 0 radical (unpaired) electrons. The maximum absolute atomic E-state index is 2.60. The van der Waals surface area contributed by atoms with Crippen molar-refractivity contribution < 1.29 is 0 Å². The minimum Gasteiger partial charge on any atom is -0.309 e. The Morgan fingerprint density at radius 3 is 1.11 bits per heavy atom. The van der Waals surface area contributed by atoms with Crippen molar-refractivity contribution in [3.63, 3.8) is 0 Å². The van der Waals surface area contributed by atoms with Crippen molar-refractivity contribution in [2.45, 2.75) is 93.2 Å². The van der Waals surface area contributed by atoms with Crippen molar-refractivity contribution in [1.29, 1.82) is 0 Å². The highest BCUT2D eigenvalue weighted by molar-refractivity contribution is 6.89. The monoisotopic (exact) mass is 944 g/mol. The third-order valence-corrected chi connectivity index (χ3v) is 18.8. The van der Waals surface area contributed by atoms with Gasteiger partial charge in [-0.15, -0.1) is 0 Å². The largest absolute Gasteiger partial charge is 0.309 e. The Morgan fingerprint density at radius 1 is 0.329 bits per heavy atom. The van der Waals surface area contributed by atoms with Crippen LogP contribution in [0.4, 0.5) is 34.1 Å². The second kappa shape index (κ2) is 17.6. The summed E-state index contributed by atoms with van der Waals surface area (Å²) in [7, 11) is -3.26. The summed E-state index contributed by atoms with van der Waals surface area (Å²) < 4.78 is 0. The van der Waals surface area contributed by atoms with E-state index in [2.05, 4.69) is 273 Å². The normalized spacial score (nSPS) is 12.4. The van der Waals surface area contributed by atoms with E-state index in [0.717, 1.165) is 11.4 Å². The average molecular weight is 945 g/mol. The molecule has 0 unspecified atom stereocenters. The smallest absolute Gasteiger partial charge is 0.0776 e. The van der Waals surface area contributed by atoms with Gasteiger partial charge in [0.25, 0.3) is 0 Å². The quantitative estimate of drug-likeness (QED) is 0.0996. The lowest BCUT2D eigenvalue weighted by Crippen LogP contribution is -2.37. The van der Waals surface area contributed by atoms with Crippen molar-refractivity contribution in [2.75, 3.05) is 9.80 Å². The Labute approximate surface area is 419 Å². The third-order valence-electron chi connectivity index (χ3n) is 14.7. The number of benzene rings is 10. The SMILES string of the molecule is Cc1cc([Si](C)(C)C)ccc1N(c1cc(-c2ccccc2)ccc1C)c1cc(N(c2ccc([Si](C)(C)C)cc2C)c2cc(-c3ccccc3)ccc2C)c2ccc3cc(C(C)(C)C)cc4ccc1c2c43. The van der Waals surface area contributed by atoms with Crippen LogP contribution in [-0.4, -0.2) is 16.1 Å². The van der Waals surface area contributed by atoms with E-state index in [9.17, 15) is 0 Å². The molecule has 0 N–H and O–H groups in total. The molecule has 2 nitrogen and oxygen atoms in total. The molecule has 0 saturated carbocycles. The number of hydrogen-bond donors (Lipinski definition) is 0. The van der Waals surface area contributed by atoms with Gasteiger partial charge in [0.1, 0.15) is 0 Å². The minimum atomic E-state index is -1.63. The molecule has 350 valence electrons. The topological polar surface area (TPSA) is 6.48 Å². The molecule has 0 aliphatic carbocycles. The van der Waals surface area contributed by atoms with Gasteiger partial charge in [0.05, 0.1) is 27.5 Å². The van der Waals surface area contributed by atoms with Gasteiger partial charge in [0.15, 0.2) is 0 Å². The first-order valence-electron chi connectivity index (χ1n) is 25.2. The highest BCUT2D eigenvalue weighted by Gasteiger charge is 2.29. The highest BCUT2D eigenvalue weighted by Crippen LogP contribution is 2.52. The molecule has 10 aromatic rings. The summed E-state index contributed by atoms with van der Waals surface area (Å²) in [6, 6.07) is 67.4. The highest BCUT2D eigenvalue weighted by atomic mass is 28.3. The van der Waals surface area contributed by atoms with E-state index in [0.29, 0.717) is 0 Å². The molecule has 0 saturated heterocycles. The predicted octanol–water partition coefficient (Wildman–Crippen LogP) is 18.5. The molecule has 0 aliphatic heterocycles. The Balaban J connectivity index is 1.38. The number of hydrogen-bond acceptors (Lipinski definition) is 2. The summed E-state index contributed by atoms with van der Waals surface area (Å²) in [5.74, 6) is 0. The summed E-state index contributed by atoms with van der Waals surface area (Å²) in [6.45, 7) is 30.9. The maximum atomic E-state index is 2.60. The molecule has 70 heavy (non-hydrogen) atoms. The predicted molar refractivity (Wildman–Crippen MR) is 314 cm³/mol. The Morgan fingerprint density at radius 2 is 0.743 bits per heavy atom. The van der Waals surface area contributed by atoms with Crippen LogP contribution in [0.25, 0.3) is 54.6 Å². The van der Waals surface area contributed by atoms with Gasteiger partial charge in [-0.1, -0.05) is 216 Å². The maximum Gasteiger partial charge on any atom is 0.0776 e. The van der Waals surface area contributed by atoms with Crippen LogP contribution in [0.5, 0.6) is 0 Å². The van der Waals surface area contributed by atoms with Crippen molar-refractivity contribution in [3.8, 4) is 22.3 Å². The molecule has 0 atom stereocenters. The molecule has 0 heterocycles. The third kappa shape index (κ3) is 8.56. The Hall–Kier alpha value is -6.73. The van der Waals surface area contributed by atoms with Crippen LogP contribution in [-0.2, 0) is 5.41 Å². The number of rotatable bonds is 10. The van der Waals surface area contributed by atoms with Gasteiger partial charge in [0, 0.05) is 38.9 Å². The molecule has 0 spiro atoms. The molecule has 0 aliphatic rings. The summed E-state index contributed by atoms with van der Waals surface area (Å²) in [5.41, 5.74) is 18.2. The second-order valence-electron chi connectivity index (χ2n) is 23.0. The van der Waals surface area contributed by atoms with Gasteiger partial charge in [-0.05, 0) is 130 Å². The summed E-state index contributed by atoms with van der Waals surface area (Å²) in [6.07, 6.45) is 0. The van der Waals surface area contributed by atoms with E-state index in [-0.39, 0.29) is 5.41 Å². The Bertz CT molecular complexity index is 3360. The zero-order chi connectivity index (χ0) is 49.4. The van der Waals surface area contributed by atoms with E-state index in [4.69, 9.17) is 0 Å². The average Bonchev–Trinajstić information content (AvgIpc) is 3.32. The van der Waals surface area contributed by atoms with Crippen LogP contribution < -0.4 is 20.2 Å². The first-order chi connectivity index (χ1) is 33.3. The molecule has 10 rings (SSSR count). The lowest BCUT2D eigenvalue weighted by molar-refractivity contribution is 0.591. The standard InChI is InChI=1S/C66H68N2Si2/c1-43-24-26-49(47-20-16-14-17-21-47)40-60(43)67(58-34-30-54(36-45(58)3)69(8,9)10)62-42-63(57-33-29-52-39-53(66(5,6)7)38-51-28-32-56(62)65(57)64(51)52)68(59-35-31-55(37-46(59)4)70(11,12)13)61-41-50(27-25-44(61)2)48-22-18-15-19-23-48/h14-42H,1-13H3. The fourth-order valence-electron chi connectivity index (χ4n) is 10.5. The lowest BCUT2D eigenvalue weighted by atomic mass is 9.83. The molecule has 0 fully saturated rings. The molecular weight excluding hydrogens is 877 g/mol. The molecule has 4 heteroatoms. The van der Waals surface area contributed by atoms with Gasteiger partial charge < -0.3 is 9.80 Å². The van der Waals surface area contributed by atoms with Crippen LogP contribution in [0.3, 0.4) is 0 Å². The van der Waals surface area contributed by atoms with E-state index >= 15 is 0 Å². The van der Waals surface area contributed by atoms with E-state index in [1.165, 1.54) is 116 Å². The molecule has 0 aromatic heterocycles. The van der Waals surface area contributed by atoms with E-state index in [1.54, 1.807) is 0 Å². The number of nitrogens with zero attached hydrogens (tertiary/aromatic N) is 2. The van der Waals surface area contributed by atoms with Crippen molar-refractivity contribution in [3.05, 3.63) is 204 Å². The first-order valence-corrected chi connectivity index (χ1v) is 32.2. The van der Waals surface area contributed by atoms with Crippen LogP contribution in [0, 0.1) is 27.7 Å². The second-order valence-corrected chi connectivity index (χ2v) is 33.1. The van der Waals surface area contributed by atoms with Gasteiger partial charge in [-0.2, -0.15) is 0 Å². The van der Waals surface area contributed by atoms with E-state index in [1.807, 2.05) is 0 Å². The van der Waals surface area contributed by atoms with Gasteiger partial charge in [-0.25, -0.2) is 0 Å².